The Balaban J connectivity index is 3.59. The number of Topliss-reactive ketones (excluding diaryl/α,β-unsaturated/α-hetero) is 1. The number of carbonyl (C=O) groups is 1. The highest BCUT2D eigenvalue weighted by Gasteiger charge is 2.18. The predicted octanol–water partition coefficient (Wildman–Crippen LogP) is -0.189. The van der Waals surface area contributed by atoms with Crippen molar-refractivity contribution >= 4 is 11.6 Å². The Bertz CT molecular complexity index is 225. The second-order valence-corrected chi connectivity index (χ2v) is 3.74. The number of nitrogens with two attached hydrogens (primary N) is 2. The van der Waals surface area contributed by atoms with Crippen LogP contribution in [-0.2, 0) is 4.79 Å². The molecule has 0 aromatic rings. The van der Waals surface area contributed by atoms with Crippen molar-refractivity contribution in [1.82, 2.24) is 0 Å². The summed E-state index contributed by atoms with van der Waals surface area (Å²) in [4.78, 5) is 14.8. The van der Waals surface area contributed by atoms with Crippen molar-refractivity contribution in [3.05, 3.63) is 0 Å². The summed E-state index contributed by atoms with van der Waals surface area (Å²) in [6.07, 6.45) is 1.29. The quantitative estimate of drug-likeness (QED) is 0.311. The molecule has 88 valence electrons. The van der Waals surface area contributed by atoms with Crippen LogP contribution in [0.4, 0.5) is 0 Å². The first-order chi connectivity index (χ1) is 6.95. The van der Waals surface area contributed by atoms with Gasteiger partial charge in [0.1, 0.15) is 6.10 Å². The Hall–Kier alpha value is -0.940. The third kappa shape index (κ3) is 7.04. The normalized spacial score (nSPS) is 16.1. The van der Waals surface area contributed by atoms with Gasteiger partial charge < -0.3 is 16.6 Å². The fraction of sp³-hybridized carbons (Fsp3) is 0.800. The zero-order chi connectivity index (χ0) is 11.8. The lowest BCUT2D eigenvalue weighted by Gasteiger charge is -2.15. The number of hydrogen-bond donors (Lipinski definition) is 3. The smallest absolute Gasteiger partial charge is 0.159 e. The summed E-state index contributed by atoms with van der Waals surface area (Å²) in [5.74, 6) is 0.293. The van der Waals surface area contributed by atoms with Crippen LogP contribution in [0.2, 0.25) is 0 Å². The van der Waals surface area contributed by atoms with E-state index in [0.717, 1.165) is 12.8 Å². The molecule has 0 aliphatic heterocycles. The predicted molar refractivity (Wildman–Crippen MR) is 60.7 cm³/mol. The summed E-state index contributed by atoms with van der Waals surface area (Å²) in [5.41, 5.74) is 11.0. The summed E-state index contributed by atoms with van der Waals surface area (Å²) in [7, 11) is 0. The number of amidine groups is 1. The van der Waals surface area contributed by atoms with Crippen molar-refractivity contribution in [2.24, 2.45) is 16.5 Å². The maximum absolute atomic E-state index is 10.8. The molecule has 15 heavy (non-hydrogen) atoms. The number of carbonyl (C=O) groups excluding carboxylic acids is 1. The van der Waals surface area contributed by atoms with Crippen molar-refractivity contribution < 1.29 is 9.90 Å². The van der Waals surface area contributed by atoms with Crippen molar-refractivity contribution in [3.63, 3.8) is 0 Å². The molecule has 0 radical (unpaired) electrons. The minimum absolute atomic E-state index is 0.279. The first kappa shape index (κ1) is 14.1. The lowest BCUT2D eigenvalue weighted by molar-refractivity contribution is -0.125. The van der Waals surface area contributed by atoms with Gasteiger partial charge in [0.25, 0.3) is 0 Å². The molecule has 0 aliphatic rings. The summed E-state index contributed by atoms with van der Waals surface area (Å²) in [6, 6.07) is -0.467. The summed E-state index contributed by atoms with van der Waals surface area (Å²) in [5, 5.41) is 9.32. The van der Waals surface area contributed by atoms with Gasteiger partial charge in [-0.1, -0.05) is 0 Å². The zero-order valence-electron chi connectivity index (χ0n) is 9.44. The second kappa shape index (κ2) is 7.36. The molecule has 5 heteroatoms. The maximum Gasteiger partial charge on any atom is 0.159 e. The molecule has 0 amide bonds. The first-order valence-electron chi connectivity index (χ1n) is 5.15. The van der Waals surface area contributed by atoms with E-state index in [-0.39, 0.29) is 5.78 Å². The lowest BCUT2D eigenvalue weighted by Crippen LogP contribution is -2.39. The molecule has 5 nitrogen and oxygen atoms in total. The van der Waals surface area contributed by atoms with Crippen LogP contribution in [0.15, 0.2) is 4.99 Å². The number of aliphatic hydroxyl groups excluding tert-OH is 1. The van der Waals surface area contributed by atoms with Crippen LogP contribution in [-0.4, -0.2) is 35.4 Å². The van der Waals surface area contributed by atoms with Crippen molar-refractivity contribution in [3.8, 4) is 0 Å². The first-order valence-corrected chi connectivity index (χ1v) is 5.15. The van der Waals surface area contributed by atoms with Gasteiger partial charge in [-0.2, -0.15) is 0 Å². The summed E-state index contributed by atoms with van der Waals surface area (Å²) < 4.78 is 0. The molecule has 0 spiro atoms. The molecule has 0 aliphatic carbocycles. The van der Waals surface area contributed by atoms with E-state index in [1.54, 1.807) is 6.92 Å². The highest BCUT2D eigenvalue weighted by molar-refractivity contribution is 5.80. The number of unbranched alkanes of at least 4 members (excludes halogenated alkanes) is 1. The van der Waals surface area contributed by atoms with Gasteiger partial charge in [0.15, 0.2) is 5.78 Å². The van der Waals surface area contributed by atoms with Crippen LogP contribution in [0.5, 0.6) is 0 Å². The molecule has 0 saturated heterocycles. The van der Waals surface area contributed by atoms with Gasteiger partial charge in [-0.3, -0.25) is 9.79 Å². The molecule has 0 bridgehead atoms. The molecule has 0 fully saturated rings. The van der Waals surface area contributed by atoms with Gasteiger partial charge in [0, 0.05) is 12.6 Å². The van der Waals surface area contributed by atoms with Gasteiger partial charge in [-0.05, 0) is 33.1 Å². The molecule has 0 aromatic carbocycles. The molecular formula is C10H21N3O2. The van der Waals surface area contributed by atoms with Crippen molar-refractivity contribution in [2.75, 3.05) is 6.54 Å². The standard InChI is InChI=1S/C10H21N3O2/c1-7(14)10(15)9(12)5-3-4-6-13-8(2)11/h9-10,15H,3-6,12H2,1-2H3,(H2,11,13)/t9-,10+/m0/s1. The molecule has 5 N–H and O–H groups in total. The van der Waals surface area contributed by atoms with E-state index in [1.165, 1.54) is 6.92 Å². The Morgan fingerprint density at radius 1 is 1.40 bits per heavy atom. The average Bonchev–Trinajstić information content (AvgIpc) is 2.15. The Morgan fingerprint density at radius 3 is 2.47 bits per heavy atom. The third-order valence-electron chi connectivity index (χ3n) is 2.13. The molecule has 0 rings (SSSR count). The molecule has 2 atom stereocenters. The third-order valence-corrected chi connectivity index (χ3v) is 2.13. The van der Waals surface area contributed by atoms with Gasteiger partial charge in [0.05, 0.1) is 5.84 Å². The van der Waals surface area contributed by atoms with Crippen LogP contribution in [0, 0.1) is 0 Å². The van der Waals surface area contributed by atoms with Crippen LogP contribution < -0.4 is 11.5 Å². The largest absolute Gasteiger partial charge is 0.388 e. The number of nitrogens with zero attached hydrogens (tertiary/aromatic N) is 1. The fourth-order valence-corrected chi connectivity index (χ4v) is 1.21. The minimum Gasteiger partial charge on any atom is -0.388 e. The Kier molecular flexibility index (Phi) is 6.90. The van der Waals surface area contributed by atoms with E-state index >= 15 is 0 Å². The van der Waals surface area contributed by atoms with Gasteiger partial charge >= 0.3 is 0 Å². The number of hydrogen-bond acceptors (Lipinski definition) is 4. The van der Waals surface area contributed by atoms with Gasteiger partial charge in [-0.25, -0.2) is 0 Å². The van der Waals surface area contributed by atoms with E-state index in [0.29, 0.717) is 18.8 Å². The van der Waals surface area contributed by atoms with Crippen molar-refractivity contribution in [1.29, 1.82) is 0 Å². The van der Waals surface area contributed by atoms with E-state index < -0.39 is 12.1 Å². The SMILES string of the molecule is CC(=O)[C@@H](O)[C@@H](N)CCCCN=C(C)N. The topological polar surface area (TPSA) is 102 Å². The molecular weight excluding hydrogens is 194 g/mol. The van der Waals surface area contributed by atoms with E-state index in [1.807, 2.05) is 0 Å². The average molecular weight is 215 g/mol. The molecule has 0 unspecified atom stereocenters. The summed E-state index contributed by atoms with van der Waals surface area (Å²) in [6.45, 7) is 3.75. The number of rotatable bonds is 7. The van der Waals surface area contributed by atoms with E-state index in [9.17, 15) is 9.90 Å². The number of aliphatic imine (C=N–C) groups is 1. The second-order valence-electron chi connectivity index (χ2n) is 3.74. The number of ketones is 1. The highest BCUT2D eigenvalue weighted by atomic mass is 16.3. The van der Waals surface area contributed by atoms with E-state index in [4.69, 9.17) is 11.5 Å². The van der Waals surface area contributed by atoms with Crippen molar-refractivity contribution in [2.45, 2.75) is 45.3 Å². The van der Waals surface area contributed by atoms with Crippen LogP contribution in [0.1, 0.15) is 33.1 Å². The van der Waals surface area contributed by atoms with Gasteiger partial charge in [0.2, 0.25) is 0 Å². The Labute approximate surface area is 90.6 Å². The lowest BCUT2D eigenvalue weighted by atomic mass is 10.0. The van der Waals surface area contributed by atoms with Gasteiger partial charge in [-0.15, -0.1) is 0 Å². The summed E-state index contributed by atoms with van der Waals surface area (Å²) >= 11 is 0. The van der Waals surface area contributed by atoms with Crippen LogP contribution in [0.3, 0.4) is 0 Å². The zero-order valence-corrected chi connectivity index (χ0v) is 9.44. The van der Waals surface area contributed by atoms with E-state index in [2.05, 4.69) is 4.99 Å². The monoisotopic (exact) mass is 215 g/mol. The molecule has 0 aromatic heterocycles. The fourth-order valence-electron chi connectivity index (χ4n) is 1.21. The Morgan fingerprint density at radius 2 is 2.00 bits per heavy atom. The molecule has 0 saturated carbocycles. The molecule has 0 heterocycles. The number of aliphatic hydroxyl groups is 1. The van der Waals surface area contributed by atoms with Crippen LogP contribution in [0.25, 0.3) is 0 Å². The minimum atomic E-state index is -1.04. The van der Waals surface area contributed by atoms with Crippen LogP contribution >= 0.6 is 0 Å². The highest BCUT2D eigenvalue weighted by Crippen LogP contribution is 2.04. The maximum atomic E-state index is 10.8.